The van der Waals surface area contributed by atoms with Crippen molar-refractivity contribution in [2.45, 2.75) is 45.4 Å². The second kappa shape index (κ2) is 7.09. The Hall–Kier alpha value is -1.99. The van der Waals surface area contributed by atoms with Gasteiger partial charge in [0.15, 0.2) is 0 Å². The molecule has 4 heterocycles. The zero-order valence-electron chi connectivity index (χ0n) is 14.6. The molecule has 2 atom stereocenters. The third kappa shape index (κ3) is 3.39. The van der Waals surface area contributed by atoms with E-state index in [0.29, 0.717) is 5.92 Å². The fourth-order valence-electron chi connectivity index (χ4n) is 4.10. The summed E-state index contributed by atoms with van der Waals surface area (Å²) in [5.41, 5.74) is 3.15. The molecule has 0 radical (unpaired) electrons. The summed E-state index contributed by atoms with van der Waals surface area (Å²) < 4.78 is 8.19. The minimum Gasteiger partial charge on any atom is -0.372 e. The van der Waals surface area contributed by atoms with Gasteiger partial charge in [-0.3, -0.25) is 14.4 Å². The quantitative estimate of drug-likeness (QED) is 0.911. The van der Waals surface area contributed by atoms with Gasteiger partial charge in [-0.1, -0.05) is 0 Å². The van der Waals surface area contributed by atoms with Crippen LogP contribution < -0.4 is 5.56 Å². The van der Waals surface area contributed by atoms with Crippen LogP contribution in [0, 0.1) is 5.92 Å². The zero-order valence-corrected chi connectivity index (χ0v) is 14.6. The molecule has 2 aliphatic heterocycles. The van der Waals surface area contributed by atoms with E-state index in [9.17, 15) is 4.79 Å². The van der Waals surface area contributed by atoms with Crippen molar-refractivity contribution in [1.29, 1.82) is 0 Å². The maximum absolute atomic E-state index is 11.5. The van der Waals surface area contributed by atoms with Crippen LogP contribution in [0.1, 0.15) is 42.8 Å². The van der Waals surface area contributed by atoms with Gasteiger partial charge in [-0.2, -0.15) is 10.2 Å². The van der Waals surface area contributed by atoms with Gasteiger partial charge in [-0.25, -0.2) is 5.10 Å². The first-order chi connectivity index (χ1) is 12.2. The van der Waals surface area contributed by atoms with Crippen LogP contribution in [-0.2, 0) is 24.2 Å². The fraction of sp³-hybridized carbons (Fsp3) is 0.611. The molecule has 0 aromatic carbocycles. The van der Waals surface area contributed by atoms with E-state index in [1.807, 2.05) is 10.9 Å². The molecular formula is C18H25N5O2. The average Bonchev–Trinajstić information content (AvgIpc) is 3.10. The Morgan fingerprint density at radius 2 is 2.36 bits per heavy atom. The van der Waals surface area contributed by atoms with E-state index in [1.165, 1.54) is 5.69 Å². The van der Waals surface area contributed by atoms with Crippen molar-refractivity contribution < 1.29 is 4.74 Å². The summed E-state index contributed by atoms with van der Waals surface area (Å²) in [4.78, 5) is 14.0. The normalized spacial score (nSPS) is 24.2. The summed E-state index contributed by atoms with van der Waals surface area (Å²) >= 11 is 0. The van der Waals surface area contributed by atoms with E-state index in [-0.39, 0.29) is 11.7 Å². The van der Waals surface area contributed by atoms with Gasteiger partial charge in [0.05, 0.1) is 11.4 Å². The van der Waals surface area contributed by atoms with Crippen molar-refractivity contribution in [1.82, 2.24) is 24.9 Å². The molecule has 7 heteroatoms. The van der Waals surface area contributed by atoms with Gasteiger partial charge in [0.2, 0.25) is 0 Å². The Labute approximate surface area is 147 Å². The molecule has 7 nitrogen and oxygen atoms in total. The summed E-state index contributed by atoms with van der Waals surface area (Å²) in [6.45, 7) is 6.54. The number of H-pyrrole nitrogens is 1. The number of ether oxygens (including phenoxy) is 1. The van der Waals surface area contributed by atoms with Gasteiger partial charge < -0.3 is 4.74 Å². The summed E-state index contributed by atoms with van der Waals surface area (Å²) in [5.74, 6) is 0.451. The van der Waals surface area contributed by atoms with Gasteiger partial charge in [-0.15, -0.1) is 0 Å². The molecule has 0 unspecified atom stereocenters. The van der Waals surface area contributed by atoms with E-state index in [2.05, 4.69) is 33.2 Å². The number of nitrogens with zero attached hydrogens (tertiary/aromatic N) is 4. The first-order valence-corrected chi connectivity index (χ1v) is 9.17. The van der Waals surface area contributed by atoms with Crippen molar-refractivity contribution in [2.75, 3.05) is 19.7 Å². The lowest BCUT2D eigenvalue weighted by Crippen LogP contribution is -2.39. The fourth-order valence-corrected chi connectivity index (χ4v) is 4.10. The first-order valence-electron chi connectivity index (χ1n) is 9.17. The highest BCUT2D eigenvalue weighted by molar-refractivity contribution is 5.20. The molecule has 0 spiro atoms. The lowest BCUT2D eigenvalue weighted by Gasteiger charge is -2.37. The number of hydrogen-bond donors (Lipinski definition) is 1. The van der Waals surface area contributed by atoms with Crippen LogP contribution in [0.3, 0.4) is 0 Å². The van der Waals surface area contributed by atoms with E-state index < -0.39 is 0 Å². The van der Waals surface area contributed by atoms with E-state index in [4.69, 9.17) is 4.74 Å². The number of fused-ring (bicyclic) bond motifs is 1. The second-order valence-corrected chi connectivity index (χ2v) is 6.95. The van der Waals surface area contributed by atoms with Crippen molar-refractivity contribution in [3.63, 3.8) is 0 Å². The summed E-state index contributed by atoms with van der Waals surface area (Å²) in [6, 6.07) is 3.77. The predicted octanol–water partition coefficient (Wildman–Crippen LogP) is 1.51. The molecule has 2 aromatic rings. The summed E-state index contributed by atoms with van der Waals surface area (Å²) in [5, 5.41) is 11.1. The van der Waals surface area contributed by atoms with Gasteiger partial charge in [0.25, 0.3) is 5.56 Å². The van der Waals surface area contributed by atoms with Crippen LogP contribution in [0.2, 0.25) is 0 Å². The molecule has 1 saturated heterocycles. The Bertz CT molecular complexity index is 784. The monoisotopic (exact) mass is 343 g/mol. The molecule has 1 N–H and O–H groups in total. The van der Waals surface area contributed by atoms with Crippen LogP contribution in [0.25, 0.3) is 0 Å². The number of rotatable bonds is 4. The summed E-state index contributed by atoms with van der Waals surface area (Å²) in [6.07, 6.45) is 5.12. The molecule has 134 valence electrons. The van der Waals surface area contributed by atoms with Crippen LogP contribution in [0.15, 0.2) is 23.1 Å². The lowest BCUT2D eigenvalue weighted by molar-refractivity contribution is -0.0448. The first kappa shape index (κ1) is 16.5. The molecule has 25 heavy (non-hydrogen) atoms. The second-order valence-electron chi connectivity index (χ2n) is 6.95. The van der Waals surface area contributed by atoms with Gasteiger partial charge in [-0.05, 0) is 31.4 Å². The number of aromatic nitrogens is 4. The Kier molecular flexibility index (Phi) is 4.67. The van der Waals surface area contributed by atoms with Crippen LogP contribution in [-0.4, -0.2) is 44.6 Å². The van der Waals surface area contributed by atoms with E-state index in [0.717, 1.165) is 63.3 Å². The highest BCUT2D eigenvalue weighted by atomic mass is 16.5. The largest absolute Gasteiger partial charge is 0.372 e. The van der Waals surface area contributed by atoms with Crippen molar-refractivity contribution in [3.05, 3.63) is 45.6 Å². The Balaban J connectivity index is 1.50. The molecule has 0 amide bonds. The van der Waals surface area contributed by atoms with Crippen molar-refractivity contribution in [2.24, 2.45) is 5.92 Å². The average molecular weight is 343 g/mol. The summed E-state index contributed by atoms with van der Waals surface area (Å²) in [7, 11) is 0. The van der Waals surface area contributed by atoms with Crippen molar-refractivity contribution >= 4 is 0 Å². The predicted molar refractivity (Wildman–Crippen MR) is 93.2 cm³/mol. The maximum Gasteiger partial charge on any atom is 0.264 e. The minimum absolute atomic E-state index is 0.106. The van der Waals surface area contributed by atoms with Gasteiger partial charge in [0, 0.05) is 57.4 Å². The number of nitrogens with one attached hydrogen (secondary N) is 1. The van der Waals surface area contributed by atoms with E-state index >= 15 is 0 Å². The lowest BCUT2D eigenvalue weighted by atomic mass is 9.90. The molecule has 4 rings (SSSR count). The molecule has 0 saturated carbocycles. The highest BCUT2D eigenvalue weighted by Crippen LogP contribution is 2.34. The van der Waals surface area contributed by atoms with Crippen LogP contribution in [0.4, 0.5) is 0 Å². The highest BCUT2D eigenvalue weighted by Gasteiger charge is 2.32. The third-order valence-electron chi connectivity index (χ3n) is 5.31. The minimum atomic E-state index is -0.119. The maximum atomic E-state index is 11.5. The molecule has 1 fully saturated rings. The number of aromatic amines is 1. The number of hydrogen-bond acceptors (Lipinski definition) is 5. The van der Waals surface area contributed by atoms with E-state index in [1.54, 1.807) is 6.07 Å². The molecular weight excluding hydrogens is 318 g/mol. The standard InChI is InChI=1S/C18H25N5O2/c1-2-23-16(5-7-19-23)18-13(4-3-9-25-18)11-22-8-6-15-14(12-22)10-17(24)21-20-15/h5,7,10,13,18H,2-4,6,8-9,11-12H2,1H3,(H,21,24)/t13-,18+/m0/s1. The smallest absolute Gasteiger partial charge is 0.264 e. The zero-order chi connectivity index (χ0) is 17.2. The number of aryl methyl sites for hydroxylation is 1. The molecule has 0 bridgehead atoms. The Morgan fingerprint density at radius 1 is 1.44 bits per heavy atom. The van der Waals surface area contributed by atoms with Crippen LogP contribution >= 0.6 is 0 Å². The molecule has 2 aromatic heterocycles. The van der Waals surface area contributed by atoms with Crippen LogP contribution in [0.5, 0.6) is 0 Å². The van der Waals surface area contributed by atoms with Gasteiger partial charge >= 0.3 is 0 Å². The molecule has 0 aliphatic carbocycles. The topological polar surface area (TPSA) is 76.0 Å². The molecule has 2 aliphatic rings. The third-order valence-corrected chi connectivity index (χ3v) is 5.31. The van der Waals surface area contributed by atoms with Gasteiger partial charge in [0.1, 0.15) is 6.10 Å². The van der Waals surface area contributed by atoms with Crippen molar-refractivity contribution in [3.8, 4) is 0 Å². The Morgan fingerprint density at radius 3 is 3.24 bits per heavy atom. The SMILES string of the molecule is CCn1nccc1[C@@H]1OCCC[C@H]1CN1CCc2n[nH]c(=O)cc2C1.